The molecule has 0 aromatic heterocycles. The molecule has 1 aliphatic rings. The van der Waals surface area contributed by atoms with Crippen LogP contribution in [0.15, 0.2) is 28.7 Å². The van der Waals surface area contributed by atoms with Gasteiger partial charge in [-0.15, -0.1) is 0 Å². The van der Waals surface area contributed by atoms with E-state index in [-0.39, 0.29) is 0 Å². The fourth-order valence-corrected chi connectivity index (χ4v) is 2.50. The van der Waals surface area contributed by atoms with Gasteiger partial charge in [-0.3, -0.25) is 4.90 Å². The van der Waals surface area contributed by atoms with Gasteiger partial charge in [0.15, 0.2) is 0 Å². The predicted octanol–water partition coefficient (Wildman–Crippen LogP) is 3.56. The van der Waals surface area contributed by atoms with E-state index in [2.05, 4.69) is 34.7 Å². The maximum Gasteiger partial charge on any atom is 0.119 e. The minimum Gasteiger partial charge on any atom is -0.492 e. The molecule has 17 heavy (non-hydrogen) atoms. The van der Waals surface area contributed by atoms with Gasteiger partial charge in [-0.25, -0.2) is 0 Å². The molecule has 1 aromatic carbocycles. The molecule has 0 aliphatic carbocycles. The first kappa shape index (κ1) is 12.9. The summed E-state index contributed by atoms with van der Waals surface area (Å²) in [5.41, 5.74) is 0.484. The van der Waals surface area contributed by atoms with Gasteiger partial charge in [-0.2, -0.15) is 0 Å². The fraction of sp³-hybridized carbons (Fsp3) is 0.571. The molecule has 0 N–H and O–H groups in total. The average molecular weight is 298 g/mol. The fourth-order valence-electron chi connectivity index (χ4n) is 2.24. The normalized spacial score (nSPS) is 19.5. The second kappa shape index (κ2) is 5.40. The SMILES string of the molecule is CC1(C)CCN(CCOc2ccc(Br)cc2)C1. The lowest BCUT2D eigenvalue weighted by molar-refractivity contribution is 0.222. The van der Waals surface area contributed by atoms with Crippen molar-refractivity contribution in [2.45, 2.75) is 20.3 Å². The highest BCUT2D eigenvalue weighted by Crippen LogP contribution is 2.28. The van der Waals surface area contributed by atoms with Crippen molar-refractivity contribution in [2.75, 3.05) is 26.2 Å². The topological polar surface area (TPSA) is 12.5 Å². The highest BCUT2D eigenvalue weighted by atomic mass is 79.9. The van der Waals surface area contributed by atoms with Crippen LogP contribution in [0, 0.1) is 5.41 Å². The monoisotopic (exact) mass is 297 g/mol. The Balaban J connectivity index is 1.71. The van der Waals surface area contributed by atoms with Gasteiger partial charge in [-0.05, 0) is 42.6 Å². The second-order valence-corrected chi connectivity index (χ2v) is 6.41. The van der Waals surface area contributed by atoms with Crippen LogP contribution in [0.2, 0.25) is 0 Å². The van der Waals surface area contributed by atoms with Crippen molar-refractivity contribution >= 4 is 15.9 Å². The van der Waals surface area contributed by atoms with Crippen molar-refractivity contribution < 1.29 is 4.74 Å². The molecule has 0 atom stereocenters. The zero-order chi connectivity index (χ0) is 12.3. The lowest BCUT2D eigenvalue weighted by atomic mass is 9.93. The lowest BCUT2D eigenvalue weighted by Gasteiger charge is -2.19. The second-order valence-electron chi connectivity index (χ2n) is 5.49. The molecule has 0 bridgehead atoms. The molecule has 1 saturated heterocycles. The van der Waals surface area contributed by atoms with Crippen LogP contribution in [0.1, 0.15) is 20.3 Å². The summed E-state index contributed by atoms with van der Waals surface area (Å²) >= 11 is 3.42. The van der Waals surface area contributed by atoms with E-state index in [1.807, 2.05) is 24.3 Å². The Kier molecular flexibility index (Phi) is 4.10. The van der Waals surface area contributed by atoms with Crippen LogP contribution in [0.4, 0.5) is 0 Å². The number of hydrogen-bond acceptors (Lipinski definition) is 2. The molecule has 0 amide bonds. The van der Waals surface area contributed by atoms with Gasteiger partial charge in [0.2, 0.25) is 0 Å². The van der Waals surface area contributed by atoms with Gasteiger partial charge in [0.25, 0.3) is 0 Å². The van der Waals surface area contributed by atoms with E-state index in [0.29, 0.717) is 5.41 Å². The molecule has 0 saturated carbocycles. The van der Waals surface area contributed by atoms with E-state index >= 15 is 0 Å². The number of halogens is 1. The van der Waals surface area contributed by atoms with Crippen molar-refractivity contribution in [3.63, 3.8) is 0 Å². The van der Waals surface area contributed by atoms with Crippen LogP contribution in [-0.4, -0.2) is 31.1 Å². The third-order valence-corrected chi connectivity index (χ3v) is 3.77. The van der Waals surface area contributed by atoms with E-state index in [4.69, 9.17) is 4.74 Å². The first-order valence-electron chi connectivity index (χ1n) is 6.16. The smallest absolute Gasteiger partial charge is 0.119 e. The lowest BCUT2D eigenvalue weighted by Crippen LogP contribution is -2.27. The van der Waals surface area contributed by atoms with Gasteiger partial charge in [0.1, 0.15) is 12.4 Å². The molecule has 3 heteroatoms. The zero-order valence-electron chi connectivity index (χ0n) is 10.6. The Morgan fingerprint density at radius 3 is 2.59 bits per heavy atom. The molecule has 1 heterocycles. The number of nitrogens with zero attached hydrogens (tertiary/aromatic N) is 1. The van der Waals surface area contributed by atoms with Gasteiger partial charge >= 0.3 is 0 Å². The van der Waals surface area contributed by atoms with Crippen molar-refractivity contribution in [1.82, 2.24) is 4.90 Å². The molecular formula is C14H20BrNO. The quantitative estimate of drug-likeness (QED) is 0.842. The summed E-state index contributed by atoms with van der Waals surface area (Å²) < 4.78 is 6.82. The maximum absolute atomic E-state index is 5.73. The minimum absolute atomic E-state index is 0.484. The minimum atomic E-state index is 0.484. The van der Waals surface area contributed by atoms with E-state index in [1.54, 1.807) is 0 Å². The highest BCUT2D eigenvalue weighted by molar-refractivity contribution is 9.10. The Morgan fingerprint density at radius 2 is 2.00 bits per heavy atom. The maximum atomic E-state index is 5.73. The van der Waals surface area contributed by atoms with Crippen LogP contribution in [0.25, 0.3) is 0 Å². The van der Waals surface area contributed by atoms with Crippen LogP contribution in [0.5, 0.6) is 5.75 Å². The van der Waals surface area contributed by atoms with E-state index in [0.717, 1.165) is 23.4 Å². The van der Waals surface area contributed by atoms with Gasteiger partial charge in [-0.1, -0.05) is 29.8 Å². The van der Waals surface area contributed by atoms with E-state index in [9.17, 15) is 0 Å². The van der Waals surface area contributed by atoms with Gasteiger partial charge in [0.05, 0.1) is 0 Å². The summed E-state index contributed by atoms with van der Waals surface area (Å²) in [5, 5.41) is 0. The van der Waals surface area contributed by atoms with Crippen molar-refractivity contribution in [2.24, 2.45) is 5.41 Å². The molecule has 0 radical (unpaired) electrons. The largest absolute Gasteiger partial charge is 0.492 e. The molecule has 1 aromatic rings. The Hall–Kier alpha value is -0.540. The van der Waals surface area contributed by atoms with E-state index < -0.39 is 0 Å². The third-order valence-electron chi connectivity index (χ3n) is 3.25. The molecule has 1 aliphatic heterocycles. The zero-order valence-corrected chi connectivity index (χ0v) is 12.2. The summed E-state index contributed by atoms with van der Waals surface area (Å²) in [6.45, 7) is 8.87. The van der Waals surface area contributed by atoms with Crippen LogP contribution in [-0.2, 0) is 0 Å². The number of rotatable bonds is 4. The summed E-state index contributed by atoms with van der Waals surface area (Å²) in [7, 11) is 0. The average Bonchev–Trinajstić information content (AvgIpc) is 2.61. The number of hydrogen-bond donors (Lipinski definition) is 0. The first-order valence-corrected chi connectivity index (χ1v) is 6.95. The molecule has 1 fully saturated rings. The summed E-state index contributed by atoms with van der Waals surface area (Å²) in [5.74, 6) is 0.951. The summed E-state index contributed by atoms with van der Waals surface area (Å²) in [6.07, 6.45) is 1.30. The first-order chi connectivity index (χ1) is 8.05. The van der Waals surface area contributed by atoms with Crippen molar-refractivity contribution in [3.05, 3.63) is 28.7 Å². The predicted molar refractivity (Wildman–Crippen MR) is 74.5 cm³/mol. The summed E-state index contributed by atoms with van der Waals surface area (Å²) in [6, 6.07) is 8.01. The molecule has 94 valence electrons. The Bertz CT molecular complexity index is 361. The summed E-state index contributed by atoms with van der Waals surface area (Å²) in [4.78, 5) is 2.48. The highest BCUT2D eigenvalue weighted by Gasteiger charge is 2.28. The van der Waals surface area contributed by atoms with Crippen LogP contribution < -0.4 is 4.74 Å². The number of benzene rings is 1. The standard InChI is InChI=1S/C14H20BrNO/c1-14(2)7-8-16(11-14)9-10-17-13-5-3-12(15)4-6-13/h3-6H,7-11H2,1-2H3. The molecule has 0 spiro atoms. The molecule has 2 rings (SSSR count). The number of likely N-dealkylation sites (tertiary alicyclic amines) is 1. The van der Waals surface area contributed by atoms with Crippen molar-refractivity contribution in [3.8, 4) is 5.75 Å². The van der Waals surface area contributed by atoms with Crippen LogP contribution in [0.3, 0.4) is 0 Å². The molecular weight excluding hydrogens is 278 g/mol. The van der Waals surface area contributed by atoms with Gasteiger partial charge < -0.3 is 4.74 Å². The van der Waals surface area contributed by atoms with Gasteiger partial charge in [0, 0.05) is 17.6 Å². The molecule has 2 nitrogen and oxygen atoms in total. The molecule has 0 unspecified atom stereocenters. The van der Waals surface area contributed by atoms with Crippen LogP contribution >= 0.6 is 15.9 Å². The van der Waals surface area contributed by atoms with Crippen molar-refractivity contribution in [1.29, 1.82) is 0 Å². The Labute approximate surface area is 112 Å². The third kappa shape index (κ3) is 4.00. The Morgan fingerprint density at radius 1 is 1.29 bits per heavy atom. The number of ether oxygens (including phenoxy) is 1. The van der Waals surface area contributed by atoms with E-state index in [1.165, 1.54) is 19.5 Å².